The maximum atomic E-state index is 13.2. The Bertz CT molecular complexity index is 1190. The number of nitrogens with zero attached hydrogens (tertiary/aromatic N) is 2. The number of carbonyl (C=O) groups is 1. The summed E-state index contributed by atoms with van der Waals surface area (Å²) in [5.41, 5.74) is 5.60. The summed E-state index contributed by atoms with van der Waals surface area (Å²) >= 11 is 0. The summed E-state index contributed by atoms with van der Waals surface area (Å²) in [6.07, 6.45) is 1.95. The molecule has 2 N–H and O–H groups in total. The molecule has 2 aromatic carbocycles. The summed E-state index contributed by atoms with van der Waals surface area (Å²) in [6, 6.07) is 17.6. The van der Waals surface area contributed by atoms with E-state index in [9.17, 15) is 4.79 Å². The molecule has 2 aromatic heterocycles. The third-order valence-corrected chi connectivity index (χ3v) is 5.31. The smallest absolute Gasteiger partial charge is 0.252 e. The molecule has 2 heterocycles. The van der Waals surface area contributed by atoms with Crippen molar-refractivity contribution in [1.29, 1.82) is 0 Å². The first-order valence-corrected chi connectivity index (χ1v) is 10.5. The number of pyridine rings is 1. The van der Waals surface area contributed by atoms with Crippen LogP contribution in [0.1, 0.15) is 35.7 Å². The molecule has 0 spiro atoms. The van der Waals surface area contributed by atoms with Gasteiger partial charge in [-0.2, -0.15) is 5.10 Å². The number of rotatable bonds is 7. The summed E-state index contributed by atoms with van der Waals surface area (Å²) in [5.74, 6) is 0.648. The Morgan fingerprint density at radius 2 is 1.77 bits per heavy atom. The normalized spacial score (nSPS) is 10.9. The highest BCUT2D eigenvalue weighted by Crippen LogP contribution is 2.32. The number of methoxy groups -OCH3 is 1. The van der Waals surface area contributed by atoms with Crippen LogP contribution < -0.4 is 10.1 Å². The standard InChI is InChI=1S/C25H26N4O2/c1-4-5-14-26-25(30)20-15-21(17-8-6-16(2)7-9-17)27-24-22(20)23(28-29-24)18-10-12-19(31-3)13-11-18/h6-13,15H,4-5,14H2,1-3H3,(H,26,30)(H,27,28,29). The molecule has 0 saturated carbocycles. The van der Waals surface area contributed by atoms with Crippen LogP contribution in [0, 0.1) is 6.92 Å². The molecule has 4 rings (SSSR count). The fourth-order valence-electron chi connectivity index (χ4n) is 3.52. The summed E-state index contributed by atoms with van der Waals surface area (Å²) in [7, 11) is 1.63. The molecule has 0 atom stereocenters. The molecule has 0 aliphatic rings. The van der Waals surface area contributed by atoms with Crippen LogP contribution in [0.2, 0.25) is 0 Å². The van der Waals surface area contributed by atoms with E-state index < -0.39 is 0 Å². The molecule has 0 unspecified atom stereocenters. The number of aromatic nitrogens is 3. The lowest BCUT2D eigenvalue weighted by Crippen LogP contribution is -2.24. The predicted octanol–water partition coefficient (Wildman–Crippen LogP) is 5.14. The lowest BCUT2D eigenvalue weighted by Gasteiger charge is -2.10. The minimum atomic E-state index is -0.120. The van der Waals surface area contributed by atoms with Crippen molar-refractivity contribution in [3.63, 3.8) is 0 Å². The molecular weight excluding hydrogens is 388 g/mol. The van der Waals surface area contributed by atoms with Crippen molar-refractivity contribution < 1.29 is 9.53 Å². The van der Waals surface area contributed by atoms with Gasteiger partial charge < -0.3 is 10.1 Å². The van der Waals surface area contributed by atoms with E-state index in [4.69, 9.17) is 9.72 Å². The van der Waals surface area contributed by atoms with Crippen LogP contribution in [0.4, 0.5) is 0 Å². The highest BCUT2D eigenvalue weighted by Gasteiger charge is 2.20. The second-order valence-electron chi connectivity index (χ2n) is 7.56. The number of H-pyrrole nitrogens is 1. The first-order valence-electron chi connectivity index (χ1n) is 10.5. The molecule has 0 bridgehead atoms. The lowest BCUT2D eigenvalue weighted by atomic mass is 10.0. The van der Waals surface area contributed by atoms with Gasteiger partial charge in [-0.25, -0.2) is 4.98 Å². The molecular formula is C25H26N4O2. The van der Waals surface area contributed by atoms with E-state index in [1.165, 1.54) is 5.56 Å². The summed E-state index contributed by atoms with van der Waals surface area (Å²) in [5, 5.41) is 11.3. The van der Waals surface area contributed by atoms with Crippen molar-refractivity contribution in [3.05, 3.63) is 65.7 Å². The minimum Gasteiger partial charge on any atom is -0.497 e. The molecule has 0 aliphatic carbocycles. The quantitative estimate of drug-likeness (QED) is 0.411. The number of carbonyl (C=O) groups excluding carboxylic acids is 1. The molecule has 0 radical (unpaired) electrons. The van der Waals surface area contributed by atoms with Gasteiger partial charge in [-0.05, 0) is 43.7 Å². The van der Waals surface area contributed by atoms with E-state index in [2.05, 4.69) is 22.4 Å². The van der Waals surface area contributed by atoms with Gasteiger partial charge >= 0.3 is 0 Å². The molecule has 158 valence electrons. The number of aryl methyl sites for hydroxylation is 1. The van der Waals surface area contributed by atoms with Crippen molar-refractivity contribution in [3.8, 4) is 28.3 Å². The Balaban J connectivity index is 1.85. The molecule has 4 aromatic rings. The van der Waals surface area contributed by atoms with Crippen LogP contribution >= 0.6 is 0 Å². The number of nitrogens with one attached hydrogen (secondary N) is 2. The van der Waals surface area contributed by atoms with Crippen LogP contribution in [0.5, 0.6) is 5.75 Å². The van der Waals surface area contributed by atoms with E-state index in [0.29, 0.717) is 17.8 Å². The monoisotopic (exact) mass is 414 g/mol. The van der Waals surface area contributed by atoms with E-state index in [0.717, 1.165) is 46.5 Å². The highest BCUT2D eigenvalue weighted by molar-refractivity contribution is 6.11. The summed E-state index contributed by atoms with van der Waals surface area (Å²) < 4.78 is 5.26. The van der Waals surface area contributed by atoms with Crippen molar-refractivity contribution >= 4 is 16.9 Å². The average molecular weight is 415 g/mol. The second-order valence-corrected chi connectivity index (χ2v) is 7.56. The third-order valence-electron chi connectivity index (χ3n) is 5.31. The largest absolute Gasteiger partial charge is 0.497 e. The van der Waals surface area contributed by atoms with E-state index in [1.807, 2.05) is 61.5 Å². The van der Waals surface area contributed by atoms with Crippen molar-refractivity contribution in [2.75, 3.05) is 13.7 Å². The fraction of sp³-hybridized carbons (Fsp3) is 0.240. The van der Waals surface area contributed by atoms with Crippen LogP contribution in [0.3, 0.4) is 0 Å². The van der Waals surface area contributed by atoms with Crippen LogP contribution in [0.15, 0.2) is 54.6 Å². The Hall–Kier alpha value is -3.67. The van der Waals surface area contributed by atoms with Crippen LogP contribution in [-0.2, 0) is 0 Å². The van der Waals surface area contributed by atoms with Gasteiger partial charge in [-0.3, -0.25) is 9.89 Å². The molecule has 0 saturated heterocycles. The number of hydrogen-bond donors (Lipinski definition) is 2. The van der Waals surface area contributed by atoms with Crippen molar-refractivity contribution in [2.45, 2.75) is 26.7 Å². The molecule has 31 heavy (non-hydrogen) atoms. The Morgan fingerprint density at radius 1 is 1.06 bits per heavy atom. The number of hydrogen-bond acceptors (Lipinski definition) is 4. The van der Waals surface area contributed by atoms with Crippen LogP contribution in [0.25, 0.3) is 33.5 Å². The Morgan fingerprint density at radius 3 is 2.45 bits per heavy atom. The maximum absolute atomic E-state index is 13.2. The van der Waals surface area contributed by atoms with Crippen molar-refractivity contribution in [2.24, 2.45) is 0 Å². The zero-order valence-electron chi connectivity index (χ0n) is 18.0. The van der Waals surface area contributed by atoms with Gasteiger partial charge in [0.05, 0.1) is 29.4 Å². The van der Waals surface area contributed by atoms with E-state index >= 15 is 0 Å². The molecule has 0 fully saturated rings. The van der Waals surface area contributed by atoms with E-state index in [-0.39, 0.29) is 5.91 Å². The number of unbranched alkanes of at least 4 members (excludes halogenated alkanes) is 1. The predicted molar refractivity (Wildman–Crippen MR) is 123 cm³/mol. The Kier molecular flexibility index (Phi) is 5.98. The zero-order chi connectivity index (χ0) is 21.8. The van der Waals surface area contributed by atoms with Gasteiger partial charge in [0.25, 0.3) is 5.91 Å². The van der Waals surface area contributed by atoms with Gasteiger partial charge in [0, 0.05) is 17.7 Å². The Labute approximate surface area is 181 Å². The molecule has 6 heteroatoms. The first kappa shape index (κ1) is 20.6. The SMILES string of the molecule is CCCCNC(=O)c1cc(-c2ccc(C)cc2)nc2n[nH]c(-c3ccc(OC)cc3)c12. The van der Waals surface area contributed by atoms with Crippen LogP contribution in [-0.4, -0.2) is 34.7 Å². The van der Waals surface area contributed by atoms with E-state index in [1.54, 1.807) is 7.11 Å². The number of aromatic amines is 1. The second kappa shape index (κ2) is 9.00. The van der Waals surface area contributed by atoms with Gasteiger partial charge in [-0.1, -0.05) is 43.2 Å². The van der Waals surface area contributed by atoms with Crippen molar-refractivity contribution in [1.82, 2.24) is 20.5 Å². The maximum Gasteiger partial charge on any atom is 0.252 e. The molecule has 0 aliphatic heterocycles. The highest BCUT2D eigenvalue weighted by atomic mass is 16.5. The van der Waals surface area contributed by atoms with Gasteiger partial charge in [-0.15, -0.1) is 0 Å². The summed E-state index contributed by atoms with van der Waals surface area (Å²) in [6.45, 7) is 4.78. The topological polar surface area (TPSA) is 79.9 Å². The number of amides is 1. The molecule has 6 nitrogen and oxygen atoms in total. The number of fused-ring (bicyclic) bond motifs is 1. The lowest BCUT2D eigenvalue weighted by molar-refractivity contribution is 0.0955. The van der Waals surface area contributed by atoms with Gasteiger partial charge in [0.1, 0.15) is 5.75 Å². The van der Waals surface area contributed by atoms with Gasteiger partial charge in [0.15, 0.2) is 5.65 Å². The number of benzene rings is 2. The molecule has 1 amide bonds. The average Bonchev–Trinajstić information content (AvgIpc) is 3.23. The first-order chi connectivity index (χ1) is 15.1. The fourth-order valence-corrected chi connectivity index (χ4v) is 3.52. The number of ether oxygens (including phenoxy) is 1. The minimum absolute atomic E-state index is 0.120. The summed E-state index contributed by atoms with van der Waals surface area (Å²) in [4.78, 5) is 17.9. The zero-order valence-corrected chi connectivity index (χ0v) is 18.0. The van der Waals surface area contributed by atoms with Gasteiger partial charge in [0.2, 0.25) is 0 Å². The third kappa shape index (κ3) is 4.28.